The first kappa shape index (κ1) is 14.6. The predicted octanol–water partition coefficient (Wildman–Crippen LogP) is 2.17. The molecule has 1 atom stereocenters. The maximum Gasteiger partial charge on any atom is 0.321 e. The summed E-state index contributed by atoms with van der Waals surface area (Å²) in [6.07, 6.45) is 2.84. The summed E-state index contributed by atoms with van der Waals surface area (Å²) in [6.45, 7) is -0.336. The summed E-state index contributed by atoms with van der Waals surface area (Å²) in [6, 6.07) is 7.91. The average Bonchev–Trinajstić information content (AvgIpc) is 3.07. The highest BCUT2D eigenvalue weighted by Crippen LogP contribution is 2.33. The van der Waals surface area contributed by atoms with E-state index in [-0.39, 0.29) is 6.54 Å². The topological polar surface area (TPSA) is 58.4 Å². The Kier molecular flexibility index (Phi) is 3.66. The molecule has 0 spiro atoms. The normalized spacial score (nSPS) is 21.1. The Morgan fingerprint density at radius 1 is 1.36 bits per heavy atom. The minimum absolute atomic E-state index is 0.186. The van der Waals surface area contributed by atoms with E-state index in [1.165, 1.54) is 4.90 Å². The maximum absolute atomic E-state index is 13.4. The van der Waals surface area contributed by atoms with Gasteiger partial charge in [0.05, 0.1) is 12.2 Å². The van der Waals surface area contributed by atoms with Gasteiger partial charge in [0.2, 0.25) is 0 Å². The van der Waals surface area contributed by atoms with Gasteiger partial charge in [0.15, 0.2) is 0 Å². The molecule has 1 aliphatic rings. The number of benzene rings is 1. The van der Waals surface area contributed by atoms with Crippen molar-refractivity contribution in [3.05, 3.63) is 48.3 Å². The van der Waals surface area contributed by atoms with Crippen LogP contribution < -0.4 is 0 Å². The molecule has 7 heteroatoms. The van der Waals surface area contributed by atoms with Gasteiger partial charge in [0.25, 0.3) is 5.92 Å². The van der Waals surface area contributed by atoms with Crippen LogP contribution in [-0.2, 0) is 11.3 Å². The first-order valence-electron chi connectivity index (χ1n) is 6.88. The van der Waals surface area contributed by atoms with E-state index in [0.29, 0.717) is 0 Å². The van der Waals surface area contributed by atoms with E-state index in [9.17, 15) is 13.6 Å². The second-order valence-corrected chi connectivity index (χ2v) is 5.44. The number of halogens is 2. The zero-order valence-electron chi connectivity index (χ0n) is 11.7. The summed E-state index contributed by atoms with van der Waals surface area (Å²) in [5, 5.41) is 13.2. The summed E-state index contributed by atoms with van der Waals surface area (Å²) in [5.74, 6) is -4.15. The SMILES string of the molecule is O=C(O)[C@H]1CC(F)(F)CN1Cc1ccc(-n2cccn2)cc1. The first-order chi connectivity index (χ1) is 10.4. The third-order valence-electron chi connectivity index (χ3n) is 3.74. The van der Waals surface area contributed by atoms with Gasteiger partial charge in [-0.3, -0.25) is 9.69 Å². The third kappa shape index (κ3) is 2.99. The molecular formula is C15H15F2N3O2. The lowest BCUT2D eigenvalue weighted by molar-refractivity contribution is -0.142. The number of rotatable bonds is 4. The summed E-state index contributed by atoms with van der Waals surface area (Å²) >= 11 is 0. The van der Waals surface area contributed by atoms with Crippen LogP contribution in [-0.4, -0.2) is 44.3 Å². The monoisotopic (exact) mass is 307 g/mol. The highest BCUT2D eigenvalue weighted by molar-refractivity contribution is 5.74. The molecule has 116 valence electrons. The van der Waals surface area contributed by atoms with Gasteiger partial charge < -0.3 is 5.11 Å². The second kappa shape index (κ2) is 5.49. The van der Waals surface area contributed by atoms with Gasteiger partial charge in [0.1, 0.15) is 6.04 Å². The van der Waals surface area contributed by atoms with Crippen LogP contribution in [0.1, 0.15) is 12.0 Å². The number of aromatic nitrogens is 2. The fourth-order valence-electron chi connectivity index (χ4n) is 2.70. The van der Waals surface area contributed by atoms with E-state index in [0.717, 1.165) is 11.3 Å². The molecule has 0 amide bonds. The Morgan fingerprint density at radius 2 is 2.09 bits per heavy atom. The molecule has 22 heavy (non-hydrogen) atoms. The van der Waals surface area contributed by atoms with Gasteiger partial charge in [-0.1, -0.05) is 12.1 Å². The number of hydrogen-bond donors (Lipinski definition) is 1. The van der Waals surface area contributed by atoms with Gasteiger partial charge in [-0.15, -0.1) is 0 Å². The van der Waals surface area contributed by atoms with Crippen molar-refractivity contribution >= 4 is 5.97 Å². The largest absolute Gasteiger partial charge is 0.480 e. The molecule has 1 aromatic carbocycles. The van der Waals surface area contributed by atoms with Crippen molar-refractivity contribution in [2.45, 2.75) is 24.9 Å². The highest BCUT2D eigenvalue weighted by atomic mass is 19.3. The summed E-state index contributed by atoms with van der Waals surface area (Å²) < 4.78 is 28.6. The Morgan fingerprint density at radius 3 is 2.68 bits per heavy atom. The number of carbonyl (C=O) groups is 1. The first-order valence-corrected chi connectivity index (χ1v) is 6.88. The number of alkyl halides is 2. The van der Waals surface area contributed by atoms with E-state index in [4.69, 9.17) is 5.11 Å². The number of carboxylic acids is 1. The second-order valence-electron chi connectivity index (χ2n) is 5.44. The smallest absolute Gasteiger partial charge is 0.321 e. The van der Waals surface area contributed by atoms with Crippen molar-refractivity contribution in [2.24, 2.45) is 0 Å². The molecular weight excluding hydrogens is 292 g/mol. The van der Waals surface area contributed by atoms with Crippen LogP contribution >= 0.6 is 0 Å². The number of carboxylic acid groups (broad SMARTS) is 1. The molecule has 0 aliphatic carbocycles. The standard InChI is InChI=1S/C15H15F2N3O2/c16-15(17)8-13(14(21)22)19(10-15)9-11-2-4-12(5-3-11)20-7-1-6-18-20/h1-7,13H,8-10H2,(H,21,22)/t13-/m1/s1. The van der Waals surface area contributed by atoms with Crippen molar-refractivity contribution in [2.75, 3.05) is 6.54 Å². The fraction of sp³-hybridized carbons (Fsp3) is 0.333. The predicted molar refractivity (Wildman–Crippen MR) is 75.0 cm³/mol. The quantitative estimate of drug-likeness (QED) is 0.940. The molecule has 1 fully saturated rings. The lowest BCUT2D eigenvalue weighted by Gasteiger charge is -2.20. The van der Waals surface area contributed by atoms with Crippen LogP contribution in [0, 0.1) is 0 Å². The van der Waals surface area contributed by atoms with E-state index in [1.807, 2.05) is 12.1 Å². The van der Waals surface area contributed by atoms with E-state index < -0.39 is 30.9 Å². The lowest BCUT2D eigenvalue weighted by atomic mass is 10.1. The van der Waals surface area contributed by atoms with Crippen LogP contribution in [0.2, 0.25) is 0 Å². The third-order valence-corrected chi connectivity index (χ3v) is 3.74. The van der Waals surface area contributed by atoms with Crippen molar-refractivity contribution in [3.63, 3.8) is 0 Å². The number of likely N-dealkylation sites (tertiary alicyclic amines) is 1. The Hall–Kier alpha value is -2.28. The van der Waals surface area contributed by atoms with E-state index >= 15 is 0 Å². The van der Waals surface area contributed by atoms with Crippen LogP contribution in [0.5, 0.6) is 0 Å². The zero-order chi connectivity index (χ0) is 15.7. The molecule has 1 N–H and O–H groups in total. The molecule has 3 rings (SSSR count). The van der Waals surface area contributed by atoms with Gasteiger partial charge in [-0.25, -0.2) is 13.5 Å². The summed E-state index contributed by atoms with van der Waals surface area (Å²) in [5.41, 5.74) is 1.65. The summed E-state index contributed by atoms with van der Waals surface area (Å²) in [4.78, 5) is 12.4. The average molecular weight is 307 g/mol. The Bertz CT molecular complexity index is 656. The molecule has 0 bridgehead atoms. The Balaban J connectivity index is 1.74. The zero-order valence-corrected chi connectivity index (χ0v) is 11.7. The van der Waals surface area contributed by atoms with Gasteiger partial charge in [-0.2, -0.15) is 5.10 Å². The minimum atomic E-state index is -2.95. The van der Waals surface area contributed by atoms with Crippen molar-refractivity contribution in [1.82, 2.24) is 14.7 Å². The van der Waals surface area contributed by atoms with Crippen LogP contribution in [0.15, 0.2) is 42.7 Å². The molecule has 0 unspecified atom stereocenters. The maximum atomic E-state index is 13.4. The molecule has 1 saturated heterocycles. The molecule has 5 nitrogen and oxygen atoms in total. The van der Waals surface area contributed by atoms with Gasteiger partial charge in [0, 0.05) is 25.4 Å². The van der Waals surface area contributed by atoms with E-state index in [1.54, 1.807) is 35.3 Å². The number of hydrogen-bond acceptors (Lipinski definition) is 3. The van der Waals surface area contributed by atoms with Gasteiger partial charge in [-0.05, 0) is 23.8 Å². The van der Waals surface area contributed by atoms with Crippen LogP contribution in [0.25, 0.3) is 5.69 Å². The van der Waals surface area contributed by atoms with Crippen molar-refractivity contribution < 1.29 is 18.7 Å². The number of nitrogens with zero attached hydrogens (tertiary/aromatic N) is 3. The highest BCUT2D eigenvalue weighted by Gasteiger charge is 2.47. The Labute approximate surface area is 125 Å². The molecule has 1 aromatic heterocycles. The molecule has 2 aromatic rings. The lowest BCUT2D eigenvalue weighted by Crippen LogP contribution is -2.35. The fourth-order valence-corrected chi connectivity index (χ4v) is 2.70. The van der Waals surface area contributed by atoms with E-state index in [2.05, 4.69) is 5.10 Å². The molecule has 2 heterocycles. The minimum Gasteiger partial charge on any atom is -0.480 e. The molecule has 1 aliphatic heterocycles. The number of aliphatic carboxylic acids is 1. The van der Waals surface area contributed by atoms with Crippen molar-refractivity contribution in [3.8, 4) is 5.69 Å². The van der Waals surface area contributed by atoms with Crippen molar-refractivity contribution in [1.29, 1.82) is 0 Å². The van der Waals surface area contributed by atoms with Crippen LogP contribution in [0.3, 0.4) is 0 Å². The molecule has 0 saturated carbocycles. The van der Waals surface area contributed by atoms with Crippen LogP contribution in [0.4, 0.5) is 8.78 Å². The van der Waals surface area contributed by atoms with Gasteiger partial charge >= 0.3 is 5.97 Å². The summed E-state index contributed by atoms with van der Waals surface area (Å²) in [7, 11) is 0. The molecule has 0 radical (unpaired) electrons.